The second-order valence-corrected chi connectivity index (χ2v) is 7.87. The third kappa shape index (κ3) is 2.68. The van der Waals surface area contributed by atoms with Crippen molar-refractivity contribution in [3.63, 3.8) is 0 Å². The molecule has 0 radical (unpaired) electrons. The summed E-state index contributed by atoms with van der Waals surface area (Å²) in [6.07, 6.45) is 3.63. The van der Waals surface area contributed by atoms with Crippen molar-refractivity contribution in [1.82, 2.24) is 4.72 Å². The molecule has 0 aliphatic heterocycles. The summed E-state index contributed by atoms with van der Waals surface area (Å²) in [5.74, 6) is -1.21. The first kappa shape index (κ1) is 14.5. The predicted molar refractivity (Wildman–Crippen MR) is 81.4 cm³/mol. The largest absolute Gasteiger partial charge is 0.477 e. The highest BCUT2D eigenvalue weighted by Gasteiger charge is 2.30. The molecule has 0 atom stereocenters. The van der Waals surface area contributed by atoms with Gasteiger partial charge in [-0.25, -0.2) is 17.9 Å². The Kier molecular flexibility index (Phi) is 3.73. The first-order valence-corrected chi connectivity index (χ1v) is 9.06. The molecule has 1 aromatic carbocycles. The van der Waals surface area contributed by atoms with Crippen LogP contribution in [0.4, 0.5) is 0 Å². The van der Waals surface area contributed by atoms with Gasteiger partial charge < -0.3 is 5.11 Å². The third-order valence-corrected chi connectivity index (χ3v) is 6.58. The van der Waals surface area contributed by atoms with Gasteiger partial charge in [-0.05, 0) is 18.9 Å². The van der Waals surface area contributed by atoms with Gasteiger partial charge in [0.15, 0.2) is 0 Å². The van der Waals surface area contributed by atoms with Crippen LogP contribution >= 0.6 is 11.3 Å². The molecule has 0 unspecified atom stereocenters. The molecule has 0 spiro atoms. The SMILES string of the molecule is O=C(O)c1sc2ccccc2c1S(=O)(=O)NC1CCCC1. The maximum absolute atomic E-state index is 12.6. The average molecular weight is 325 g/mol. The van der Waals surface area contributed by atoms with E-state index in [4.69, 9.17) is 0 Å². The quantitative estimate of drug-likeness (QED) is 0.905. The van der Waals surface area contributed by atoms with Crippen LogP contribution in [0.25, 0.3) is 10.1 Å². The summed E-state index contributed by atoms with van der Waals surface area (Å²) in [6.45, 7) is 0. The van der Waals surface area contributed by atoms with Crippen LogP contribution in [0, 0.1) is 0 Å². The summed E-state index contributed by atoms with van der Waals surface area (Å²) in [5.41, 5.74) is 0. The molecule has 1 heterocycles. The smallest absolute Gasteiger partial charge is 0.347 e. The first-order valence-electron chi connectivity index (χ1n) is 6.76. The third-order valence-electron chi connectivity index (χ3n) is 3.69. The summed E-state index contributed by atoms with van der Waals surface area (Å²) in [5, 5.41) is 9.79. The van der Waals surface area contributed by atoms with E-state index in [0.29, 0.717) is 10.1 Å². The van der Waals surface area contributed by atoms with Crippen molar-refractivity contribution in [3.8, 4) is 0 Å². The van der Waals surface area contributed by atoms with Crippen LogP contribution < -0.4 is 4.72 Å². The Labute approximate surface area is 126 Å². The van der Waals surface area contributed by atoms with E-state index in [1.54, 1.807) is 24.3 Å². The van der Waals surface area contributed by atoms with E-state index in [1.807, 2.05) is 0 Å². The second-order valence-electron chi connectivity index (χ2n) is 5.16. The van der Waals surface area contributed by atoms with E-state index in [-0.39, 0.29) is 15.8 Å². The minimum atomic E-state index is -3.82. The van der Waals surface area contributed by atoms with Gasteiger partial charge in [0.2, 0.25) is 10.0 Å². The number of sulfonamides is 1. The minimum Gasteiger partial charge on any atom is -0.477 e. The van der Waals surface area contributed by atoms with Crippen LogP contribution in [0.15, 0.2) is 29.2 Å². The van der Waals surface area contributed by atoms with Crippen LogP contribution in [0.3, 0.4) is 0 Å². The number of aromatic carboxylic acids is 1. The summed E-state index contributed by atoms with van der Waals surface area (Å²) in [7, 11) is -3.82. The van der Waals surface area contributed by atoms with Crippen molar-refractivity contribution < 1.29 is 18.3 Å². The fourth-order valence-corrected chi connectivity index (χ4v) is 5.80. The highest BCUT2D eigenvalue weighted by molar-refractivity contribution is 7.90. The number of nitrogens with one attached hydrogen (secondary N) is 1. The summed E-state index contributed by atoms with van der Waals surface area (Å²) in [6, 6.07) is 6.79. The average Bonchev–Trinajstić information content (AvgIpc) is 3.04. The Hall–Kier alpha value is -1.44. The number of hydrogen-bond acceptors (Lipinski definition) is 4. The van der Waals surface area contributed by atoms with E-state index in [2.05, 4.69) is 4.72 Å². The van der Waals surface area contributed by atoms with Gasteiger partial charge in [0.1, 0.15) is 9.77 Å². The van der Waals surface area contributed by atoms with Crippen LogP contribution in [0.5, 0.6) is 0 Å². The van der Waals surface area contributed by atoms with Crippen molar-refractivity contribution in [2.45, 2.75) is 36.6 Å². The molecule has 5 nitrogen and oxygen atoms in total. The summed E-state index contributed by atoms with van der Waals surface area (Å²) in [4.78, 5) is 11.2. The number of carboxylic acid groups (broad SMARTS) is 1. The van der Waals surface area contributed by atoms with Crippen molar-refractivity contribution in [2.24, 2.45) is 0 Å². The van der Waals surface area contributed by atoms with Crippen molar-refractivity contribution in [3.05, 3.63) is 29.1 Å². The molecule has 112 valence electrons. The molecule has 0 amide bonds. The fourth-order valence-electron chi connectivity index (χ4n) is 2.75. The van der Waals surface area contributed by atoms with Gasteiger partial charge in [0.25, 0.3) is 0 Å². The van der Waals surface area contributed by atoms with Gasteiger partial charge in [-0.3, -0.25) is 0 Å². The summed E-state index contributed by atoms with van der Waals surface area (Å²) < 4.78 is 28.6. The number of benzene rings is 1. The lowest BCUT2D eigenvalue weighted by molar-refractivity contribution is 0.0698. The number of carbonyl (C=O) groups is 1. The first-order chi connectivity index (χ1) is 9.99. The van der Waals surface area contributed by atoms with E-state index in [9.17, 15) is 18.3 Å². The molecular weight excluding hydrogens is 310 g/mol. The Bertz CT molecular complexity index is 788. The lowest BCUT2D eigenvalue weighted by Crippen LogP contribution is -2.33. The van der Waals surface area contributed by atoms with Crippen LogP contribution in [0.1, 0.15) is 35.4 Å². The lowest BCUT2D eigenvalue weighted by Gasteiger charge is -2.12. The van der Waals surface area contributed by atoms with Crippen molar-refractivity contribution in [2.75, 3.05) is 0 Å². The Morgan fingerprint density at radius 2 is 1.90 bits per heavy atom. The molecule has 1 saturated carbocycles. The van der Waals surface area contributed by atoms with Crippen molar-refractivity contribution in [1.29, 1.82) is 0 Å². The predicted octanol–water partition coefficient (Wildman–Crippen LogP) is 2.82. The van der Waals surface area contributed by atoms with E-state index >= 15 is 0 Å². The standard InChI is InChI=1S/C14H15NO4S2/c16-14(17)12-13(10-7-3-4-8-11(10)20-12)21(18,19)15-9-5-1-2-6-9/h3-4,7-9,15H,1-2,5-6H2,(H,16,17). The number of rotatable bonds is 4. The number of hydrogen-bond donors (Lipinski definition) is 2. The van der Waals surface area contributed by atoms with Crippen molar-refractivity contribution >= 4 is 37.4 Å². The van der Waals surface area contributed by atoms with E-state index < -0.39 is 16.0 Å². The highest BCUT2D eigenvalue weighted by atomic mass is 32.2. The van der Waals surface area contributed by atoms with Gasteiger partial charge in [-0.15, -0.1) is 11.3 Å². The zero-order valence-electron chi connectivity index (χ0n) is 11.2. The minimum absolute atomic E-state index is 0.0877. The fraction of sp³-hybridized carbons (Fsp3) is 0.357. The van der Waals surface area contributed by atoms with Gasteiger partial charge in [0, 0.05) is 16.1 Å². The molecule has 1 aromatic heterocycles. The molecular formula is C14H15NO4S2. The molecule has 0 bridgehead atoms. The molecule has 7 heteroatoms. The molecule has 2 aromatic rings. The number of fused-ring (bicyclic) bond motifs is 1. The Balaban J connectivity index is 2.13. The van der Waals surface area contributed by atoms with E-state index in [0.717, 1.165) is 37.0 Å². The monoisotopic (exact) mass is 325 g/mol. The maximum Gasteiger partial charge on any atom is 0.347 e. The Morgan fingerprint density at radius 1 is 1.24 bits per heavy atom. The van der Waals surface area contributed by atoms with Gasteiger partial charge in [-0.1, -0.05) is 31.0 Å². The summed E-state index contributed by atoms with van der Waals surface area (Å²) >= 11 is 0.998. The molecule has 2 N–H and O–H groups in total. The number of carboxylic acids is 1. The zero-order valence-corrected chi connectivity index (χ0v) is 12.8. The van der Waals surface area contributed by atoms with Crippen LogP contribution in [-0.4, -0.2) is 25.5 Å². The molecule has 21 heavy (non-hydrogen) atoms. The van der Waals surface area contributed by atoms with Crippen LogP contribution in [-0.2, 0) is 10.0 Å². The molecule has 0 saturated heterocycles. The molecule has 1 aliphatic rings. The molecule has 3 rings (SSSR count). The van der Waals surface area contributed by atoms with Gasteiger partial charge in [-0.2, -0.15) is 0 Å². The second kappa shape index (κ2) is 5.40. The van der Waals surface area contributed by atoms with Gasteiger partial charge in [0.05, 0.1) is 0 Å². The maximum atomic E-state index is 12.6. The Morgan fingerprint density at radius 3 is 2.57 bits per heavy atom. The normalized spacial score (nSPS) is 16.6. The van der Waals surface area contributed by atoms with E-state index in [1.165, 1.54) is 0 Å². The lowest BCUT2D eigenvalue weighted by atomic mass is 10.2. The topological polar surface area (TPSA) is 83.5 Å². The zero-order chi connectivity index (χ0) is 15.0. The molecule has 1 aliphatic carbocycles. The van der Waals surface area contributed by atoms with Gasteiger partial charge >= 0.3 is 5.97 Å². The van der Waals surface area contributed by atoms with Crippen LogP contribution in [0.2, 0.25) is 0 Å². The number of thiophene rings is 1. The molecule has 1 fully saturated rings. The highest BCUT2D eigenvalue weighted by Crippen LogP contribution is 2.35.